The van der Waals surface area contributed by atoms with Crippen molar-refractivity contribution in [2.24, 2.45) is 11.8 Å². The average molecular weight is 330 g/mol. The maximum Gasteiger partial charge on any atom is 0.240 e. The van der Waals surface area contributed by atoms with Crippen LogP contribution in [0.15, 0.2) is 36.4 Å². The Morgan fingerprint density at radius 1 is 1.17 bits per heavy atom. The molecule has 6 heteroatoms. The van der Waals surface area contributed by atoms with Gasteiger partial charge in [0.2, 0.25) is 17.7 Å². The van der Waals surface area contributed by atoms with Gasteiger partial charge in [0.15, 0.2) is 0 Å². The van der Waals surface area contributed by atoms with E-state index >= 15 is 0 Å². The number of nitrogens with zero attached hydrogens (tertiary/aromatic N) is 1. The first kappa shape index (κ1) is 16.4. The van der Waals surface area contributed by atoms with Crippen molar-refractivity contribution in [3.63, 3.8) is 0 Å². The highest BCUT2D eigenvalue weighted by Gasteiger charge is 2.47. The van der Waals surface area contributed by atoms with Gasteiger partial charge >= 0.3 is 0 Å². The summed E-state index contributed by atoms with van der Waals surface area (Å²) in [6.07, 6.45) is 4.93. The van der Waals surface area contributed by atoms with Gasteiger partial charge in [-0.15, -0.1) is 0 Å². The van der Waals surface area contributed by atoms with Crippen molar-refractivity contribution in [2.75, 3.05) is 6.54 Å². The van der Waals surface area contributed by atoms with Crippen LogP contribution in [0.5, 0.6) is 0 Å². The molecule has 1 aliphatic heterocycles. The predicted molar refractivity (Wildman–Crippen MR) is 85.0 cm³/mol. The second kappa shape index (κ2) is 6.55. The van der Waals surface area contributed by atoms with Crippen molar-refractivity contribution in [3.05, 3.63) is 47.8 Å². The highest BCUT2D eigenvalue weighted by Crippen LogP contribution is 2.34. The molecule has 1 saturated heterocycles. The molecule has 1 N–H and O–H groups in total. The summed E-state index contributed by atoms with van der Waals surface area (Å²) in [5.74, 6) is -1.94. The Morgan fingerprint density at radius 2 is 1.71 bits per heavy atom. The van der Waals surface area contributed by atoms with Crippen molar-refractivity contribution in [3.8, 4) is 0 Å². The Balaban J connectivity index is 1.61. The third-order valence-corrected chi connectivity index (χ3v) is 4.65. The van der Waals surface area contributed by atoms with E-state index in [-0.39, 0.29) is 42.1 Å². The van der Waals surface area contributed by atoms with Gasteiger partial charge in [-0.1, -0.05) is 24.3 Å². The van der Waals surface area contributed by atoms with Crippen LogP contribution in [0, 0.1) is 17.7 Å². The zero-order valence-corrected chi connectivity index (χ0v) is 13.4. The summed E-state index contributed by atoms with van der Waals surface area (Å²) in [6, 6.07) is 5.49. The van der Waals surface area contributed by atoms with Crippen LogP contribution in [-0.4, -0.2) is 29.2 Å². The number of hydrogen-bond acceptors (Lipinski definition) is 3. The van der Waals surface area contributed by atoms with Gasteiger partial charge in [-0.25, -0.2) is 4.39 Å². The average Bonchev–Trinajstić information content (AvgIpc) is 2.81. The number of benzene rings is 1. The minimum atomic E-state index is -0.403. The molecule has 1 fully saturated rings. The highest BCUT2D eigenvalue weighted by atomic mass is 19.1. The fourth-order valence-corrected chi connectivity index (χ4v) is 3.29. The smallest absolute Gasteiger partial charge is 0.240 e. The second-order valence-electron chi connectivity index (χ2n) is 6.26. The number of imide groups is 1. The Bertz CT molecular complexity index is 673. The summed E-state index contributed by atoms with van der Waals surface area (Å²) >= 11 is 0. The van der Waals surface area contributed by atoms with Gasteiger partial charge in [-0.2, -0.15) is 0 Å². The summed E-state index contributed by atoms with van der Waals surface area (Å²) < 4.78 is 12.9. The van der Waals surface area contributed by atoms with E-state index < -0.39 is 5.91 Å². The summed E-state index contributed by atoms with van der Waals surface area (Å²) in [5, 5.41) is 2.74. The number of carbonyl (C=O) groups excluding carboxylic acids is 3. The van der Waals surface area contributed by atoms with Gasteiger partial charge < -0.3 is 5.32 Å². The van der Waals surface area contributed by atoms with Crippen LogP contribution in [0.2, 0.25) is 0 Å². The molecule has 0 saturated carbocycles. The number of hydrogen-bond donors (Lipinski definition) is 1. The van der Waals surface area contributed by atoms with E-state index in [0.29, 0.717) is 12.8 Å². The first-order chi connectivity index (χ1) is 11.5. The molecule has 24 heavy (non-hydrogen) atoms. The van der Waals surface area contributed by atoms with Gasteiger partial charge in [-0.05, 0) is 37.5 Å². The molecule has 5 nitrogen and oxygen atoms in total. The lowest BCUT2D eigenvalue weighted by Gasteiger charge is -2.18. The highest BCUT2D eigenvalue weighted by molar-refractivity contribution is 6.07. The predicted octanol–water partition coefficient (Wildman–Crippen LogP) is 1.95. The number of amides is 3. The lowest BCUT2D eigenvalue weighted by molar-refractivity contribution is -0.143. The number of likely N-dealkylation sites (tertiary alicyclic amines) is 1. The molecule has 0 spiro atoms. The van der Waals surface area contributed by atoms with Gasteiger partial charge in [0.05, 0.1) is 17.9 Å². The molecule has 126 valence electrons. The van der Waals surface area contributed by atoms with E-state index in [0.717, 1.165) is 10.5 Å². The molecule has 1 heterocycles. The fourth-order valence-electron chi connectivity index (χ4n) is 3.29. The normalized spacial score (nSPS) is 24.0. The van der Waals surface area contributed by atoms with Gasteiger partial charge in [0, 0.05) is 0 Å². The van der Waals surface area contributed by atoms with Crippen LogP contribution in [-0.2, 0) is 14.4 Å². The monoisotopic (exact) mass is 330 g/mol. The molecule has 2 aliphatic rings. The minimum Gasteiger partial charge on any atom is -0.348 e. The maximum absolute atomic E-state index is 12.9. The number of carbonyl (C=O) groups is 3. The molecule has 3 rings (SSSR count). The van der Waals surface area contributed by atoms with Crippen molar-refractivity contribution < 1.29 is 18.8 Å². The first-order valence-corrected chi connectivity index (χ1v) is 8.02. The molecule has 0 radical (unpaired) electrons. The molecular weight excluding hydrogens is 311 g/mol. The Labute approximate surface area is 139 Å². The molecule has 3 amide bonds. The van der Waals surface area contributed by atoms with Crippen molar-refractivity contribution in [1.82, 2.24) is 10.2 Å². The first-order valence-electron chi connectivity index (χ1n) is 8.02. The molecule has 3 atom stereocenters. The van der Waals surface area contributed by atoms with Gasteiger partial charge in [0.1, 0.15) is 12.4 Å². The quantitative estimate of drug-likeness (QED) is 0.678. The summed E-state index contributed by atoms with van der Waals surface area (Å²) in [4.78, 5) is 37.9. The number of rotatable bonds is 4. The Hall–Kier alpha value is -2.50. The SMILES string of the molecule is C[C@H](NC(=O)CN1C(=O)[C@H]2CC=CC[C@@H]2C1=O)c1ccc(F)cc1. The number of halogens is 1. The van der Waals surface area contributed by atoms with Crippen molar-refractivity contribution in [2.45, 2.75) is 25.8 Å². The molecular formula is C18H19FN2O3. The Morgan fingerprint density at radius 3 is 2.25 bits per heavy atom. The number of nitrogens with one attached hydrogen (secondary N) is 1. The lowest BCUT2D eigenvalue weighted by atomic mass is 9.85. The minimum absolute atomic E-state index is 0.265. The Kier molecular flexibility index (Phi) is 4.46. The van der Waals surface area contributed by atoms with Gasteiger partial charge in [-0.3, -0.25) is 19.3 Å². The van der Waals surface area contributed by atoms with Crippen LogP contribution in [0.4, 0.5) is 4.39 Å². The molecule has 0 bridgehead atoms. The standard InChI is InChI=1S/C18H19FN2O3/c1-11(12-6-8-13(19)9-7-12)20-16(22)10-21-17(23)14-4-2-3-5-15(14)18(21)24/h2-3,6-9,11,14-15H,4-5,10H2,1H3,(H,20,22)/t11-,14-,15-/m0/s1. The maximum atomic E-state index is 12.9. The molecule has 1 aromatic carbocycles. The number of fused-ring (bicyclic) bond motifs is 1. The lowest BCUT2D eigenvalue weighted by Crippen LogP contribution is -2.41. The third-order valence-electron chi connectivity index (χ3n) is 4.65. The third kappa shape index (κ3) is 3.09. The largest absolute Gasteiger partial charge is 0.348 e. The summed E-state index contributed by atoms with van der Waals surface area (Å²) in [7, 11) is 0. The van der Waals surface area contributed by atoms with E-state index in [1.807, 2.05) is 12.2 Å². The van der Waals surface area contributed by atoms with Crippen LogP contribution in [0.25, 0.3) is 0 Å². The molecule has 1 aliphatic carbocycles. The van der Waals surface area contributed by atoms with Crippen LogP contribution in [0.1, 0.15) is 31.4 Å². The van der Waals surface area contributed by atoms with E-state index in [9.17, 15) is 18.8 Å². The molecule has 1 aromatic rings. The van der Waals surface area contributed by atoms with E-state index in [4.69, 9.17) is 0 Å². The zero-order chi connectivity index (χ0) is 17.3. The molecule has 0 unspecified atom stereocenters. The van der Waals surface area contributed by atoms with E-state index in [1.54, 1.807) is 19.1 Å². The second-order valence-corrected chi connectivity index (χ2v) is 6.26. The summed E-state index contributed by atoms with van der Waals surface area (Å²) in [6.45, 7) is 1.50. The zero-order valence-electron chi connectivity index (χ0n) is 13.4. The van der Waals surface area contributed by atoms with Crippen LogP contribution >= 0.6 is 0 Å². The van der Waals surface area contributed by atoms with Crippen molar-refractivity contribution >= 4 is 17.7 Å². The van der Waals surface area contributed by atoms with Crippen molar-refractivity contribution in [1.29, 1.82) is 0 Å². The van der Waals surface area contributed by atoms with Gasteiger partial charge in [0.25, 0.3) is 0 Å². The number of allylic oxidation sites excluding steroid dienone is 2. The van der Waals surface area contributed by atoms with Crippen LogP contribution < -0.4 is 5.32 Å². The molecule has 0 aromatic heterocycles. The topological polar surface area (TPSA) is 66.5 Å². The van der Waals surface area contributed by atoms with E-state index in [2.05, 4.69) is 5.32 Å². The van der Waals surface area contributed by atoms with Crippen LogP contribution in [0.3, 0.4) is 0 Å². The van der Waals surface area contributed by atoms with E-state index in [1.165, 1.54) is 12.1 Å². The fraction of sp³-hybridized carbons (Fsp3) is 0.389. The summed E-state index contributed by atoms with van der Waals surface area (Å²) in [5.41, 5.74) is 0.752.